The van der Waals surface area contributed by atoms with Gasteiger partial charge in [-0.15, -0.1) is 10.2 Å². The average molecular weight is 377 g/mol. The van der Waals surface area contributed by atoms with Gasteiger partial charge in [-0.25, -0.2) is 0 Å². The standard InChI is InChI=1S/C18H23N3O4S/c1-11(2)4-5-12(3)19-16(22)9-26-18-21-20-17(25-18)13-6-7-14-15(8-13)24-10-23-14/h6-8,11-12H,4-5,9-10H2,1-3H3,(H,19,22)/t12-/m0/s1. The molecule has 2 heterocycles. The minimum Gasteiger partial charge on any atom is -0.454 e. The Kier molecular flexibility index (Phi) is 6.03. The van der Waals surface area contributed by atoms with Crippen LogP contribution < -0.4 is 14.8 Å². The third-order valence-corrected chi connectivity index (χ3v) is 4.76. The predicted octanol–water partition coefficient (Wildman–Crippen LogP) is 3.50. The van der Waals surface area contributed by atoms with E-state index in [4.69, 9.17) is 13.9 Å². The lowest BCUT2D eigenvalue weighted by Crippen LogP contribution is -2.34. The number of nitrogens with one attached hydrogen (secondary N) is 1. The lowest BCUT2D eigenvalue weighted by Gasteiger charge is -2.14. The molecule has 0 saturated carbocycles. The summed E-state index contributed by atoms with van der Waals surface area (Å²) in [5.41, 5.74) is 0.750. The molecule has 1 aromatic heterocycles. The van der Waals surface area contributed by atoms with Gasteiger partial charge in [-0.3, -0.25) is 4.79 Å². The van der Waals surface area contributed by atoms with Gasteiger partial charge in [0.2, 0.25) is 18.6 Å². The molecule has 0 spiro atoms. The number of hydrogen-bond acceptors (Lipinski definition) is 7. The van der Waals surface area contributed by atoms with Crippen LogP contribution in [0.1, 0.15) is 33.6 Å². The van der Waals surface area contributed by atoms with Crippen LogP contribution in [0, 0.1) is 5.92 Å². The Hall–Kier alpha value is -2.22. The summed E-state index contributed by atoms with van der Waals surface area (Å²) in [5.74, 6) is 2.59. The van der Waals surface area contributed by atoms with Gasteiger partial charge < -0.3 is 19.2 Å². The molecule has 0 bridgehead atoms. The molecular formula is C18H23N3O4S. The predicted molar refractivity (Wildman–Crippen MR) is 98.3 cm³/mol. The van der Waals surface area contributed by atoms with Crippen LogP contribution in [0.3, 0.4) is 0 Å². The van der Waals surface area contributed by atoms with Gasteiger partial charge in [0, 0.05) is 11.6 Å². The van der Waals surface area contributed by atoms with Crippen LogP contribution in [-0.2, 0) is 4.79 Å². The van der Waals surface area contributed by atoms with E-state index in [1.165, 1.54) is 11.8 Å². The van der Waals surface area contributed by atoms with Crippen molar-refractivity contribution in [1.29, 1.82) is 0 Å². The third-order valence-electron chi connectivity index (χ3n) is 3.94. The zero-order valence-electron chi connectivity index (χ0n) is 15.2. The van der Waals surface area contributed by atoms with Crippen molar-refractivity contribution >= 4 is 17.7 Å². The first kappa shape index (κ1) is 18.6. The van der Waals surface area contributed by atoms with Crippen molar-refractivity contribution in [2.45, 2.75) is 44.9 Å². The van der Waals surface area contributed by atoms with E-state index in [-0.39, 0.29) is 24.5 Å². The maximum absolute atomic E-state index is 12.0. The SMILES string of the molecule is CC(C)CC[C@H](C)NC(=O)CSc1nnc(-c2ccc3c(c2)OCO3)o1. The van der Waals surface area contributed by atoms with Crippen molar-refractivity contribution in [3.05, 3.63) is 18.2 Å². The van der Waals surface area contributed by atoms with Crippen molar-refractivity contribution in [3.8, 4) is 23.0 Å². The Bertz CT molecular complexity index is 763. The number of thioether (sulfide) groups is 1. The van der Waals surface area contributed by atoms with Crippen LogP contribution in [0.25, 0.3) is 11.5 Å². The molecule has 1 aliphatic heterocycles. The lowest BCUT2D eigenvalue weighted by atomic mass is 10.0. The summed E-state index contributed by atoms with van der Waals surface area (Å²) in [4.78, 5) is 12.0. The first-order chi connectivity index (χ1) is 12.5. The second-order valence-electron chi connectivity index (χ2n) is 6.67. The van der Waals surface area contributed by atoms with Gasteiger partial charge in [0.05, 0.1) is 5.75 Å². The second kappa shape index (κ2) is 8.44. The van der Waals surface area contributed by atoms with Gasteiger partial charge in [0.25, 0.3) is 5.22 Å². The number of aromatic nitrogens is 2. The summed E-state index contributed by atoms with van der Waals surface area (Å²) in [6.45, 7) is 6.60. The minimum atomic E-state index is -0.0333. The number of carbonyl (C=O) groups excluding carboxylic acids is 1. The van der Waals surface area contributed by atoms with Crippen LogP contribution in [0.4, 0.5) is 0 Å². The van der Waals surface area contributed by atoms with E-state index in [1.54, 1.807) is 12.1 Å². The van der Waals surface area contributed by atoms with E-state index in [1.807, 2.05) is 13.0 Å². The molecule has 0 saturated heterocycles. The van der Waals surface area contributed by atoms with Crippen molar-refractivity contribution in [3.63, 3.8) is 0 Å². The van der Waals surface area contributed by atoms with E-state index < -0.39 is 0 Å². The molecule has 0 aliphatic carbocycles. The highest BCUT2D eigenvalue weighted by atomic mass is 32.2. The summed E-state index contributed by atoms with van der Waals surface area (Å²) in [7, 11) is 0. The number of carbonyl (C=O) groups is 1. The number of hydrogen-bond donors (Lipinski definition) is 1. The second-order valence-corrected chi connectivity index (χ2v) is 7.60. The highest BCUT2D eigenvalue weighted by molar-refractivity contribution is 7.99. The van der Waals surface area contributed by atoms with Gasteiger partial charge in [0.15, 0.2) is 11.5 Å². The summed E-state index contributed by atoms with van der Waals surface area (Å²) in [6, 6.07) is 5.60. The maximum atomic E-state index is 12.0. The van der Waals surface area contributed by atoms with E-state index in [0.29, 0.717) is 28.5 Å². The van der Waals surface area contributed by atoms with Crippen LogP contribution in [0.2, 0.25) is 0 Å². The Balaban J connectivity index is 1.50. The number of fused-ring (bicyclic) bond motifs is 1. The summed E-state index contributed by atoms with van der Waals surface area (Å²) in [5, 5.41) is 11.4. The normalized spacial score (nSPS) is 13.8. The molecular weight excluding hydrogens is 354 g/mol. The van der Waals surface area contributed by atoms with E-state index in [2.05, 4.69) is 29.4 Å². The molecule has 7 nitrogen and oxygen atoms in total. The smallest absolute Gasteiger partial charge is 0.277 e. The van der Waals surface area contributed by atoms with Crippen molar-refractivity contribution in [2.24, 2.45) is 5.92 Å². The van der Waals surface area contributed by atoms with Crippen molar-refractivity contribution < 1.29 is 18.7 Å². The molecule has 2 aromatic rings. The maximum Gasteiger partial charge on any atom is 0.277 e. The molecule has 140 valence electrons. The van der Waals surface area contributed by atoms with Gasteiger partial charge in [0.1, 0.15) is 0 Å². The zero-order chi connectivity index (χ0) is 18.5. The number of benzene rings is 1. The summed E-state index contributed by atoms with van der Waals surface area (Å²) >= 11 is 1.23. The van der Waals surface area contributed by atoms with Gasteiger partial charge in [-0.2, -0.15) is 0 Å². The number of ether oxygens (including phenoxy) is 2. The van der Waals surface area contributed by atoms with Crippen LogP contribution in [-0.4, -0.2) is 34.7 Å². The molecule has 3 rings (SSSR count). The van der Waals surface area contributed by atoms with Crippen LogP contribution >= 0.6 is 11.8 Å². The highest BCUT2D eigenvalue weighted by Crippen LogP contribution is 2.35. The largest absolute Gasteiger partial charge is 0.454 e. The van der Waals surface area contributed by atoms with E-state index >= 15 is 0 Å². The number of nitrogens with zero attached hydrogens (tertiary/aromatic N) is 2. The van der Waals surface area contributed by atoms with Crippen molar-refractivity contribution in [1.82, 2.24) is 15.5 Å². The number of amides is 1. The highest BCUT2D eigenvalue weighted by Gasteiger charge is 2.17. The van der Waals surface area contributed by atoms with Gasteiger partial charge in [-0.05, 0) is 43.9 Å². The van der Waals surface area contributed by atoms with Crippen LogP contribution in [0.5, 0.6) is 11.5 Å². The monoisotopic (exact) mass is 377 g/mol. The molecule has 1 aliphatic rings. The molecule has 1 N–H and O–H groups in total. The Morgan fingerprint density at radius 3 is 2.81 bits per heavy atom. The van der Waals surface area contributed by atoms with Gasteiger partial charge in [-0.1, -0.05) is 25.6 Å². The molecule has 0 radical (unpaired) electrons. The van der Waals surface area contributed by atoms with E-state index in [0.717, 1.165) is 18.4 Å². The van der Waals surface area contributed by atoms with Crippen LogP contribution in [0.15, 0.2) is 27.8 Å². The average Bonchev–Trinajstić information content (AvgIpc) is 3.26. The van der Waals surface area contributed by atoms with Crippen molar-refractivity contribution in [2.75, 3.05) is 12.5 Å². The molecule has 8 heteroatoms. The molecule has 0 fully saturated rings. The molecule has 0 unspecified atom stereocenters. The lowest BCUT2D eigenvalue weighted by molar-refractivity contribution is -0.119. The molecule has 26 heavy (non-hydrogen) atoms. The Morgan fingerprint density at radius 1 is 1.19 bits per heavy atom. The fourth-order valence-corrected chi connectivity index (χ4v) is 3.09. The van der Waals surface area contributed by atoms with E-state index in [9.17, 15) is 4.79 Å². The first-order valence-electron chi connectivity index (χ1n) is 8.67. The third kappa shape index (κ3) is 4.91. The minimum absolute atomic E-state index is 0.0333. The Morgan fingerprint density at radius 2 is 2.00 bits per heavy atom. The fourth-order valence-electron chi connectivity index (χ4n) is 2.51. The fraction of sp³-hybridized carbons (Fsp3) is 0.500. The quantitative estimate of drug-likeness (QED) is 0.705. The topological polar surface area (TPSA) is 86.5 Å². The first-order valence-corrected chi connectivity index (χ1v) is 9.65. The number of rotatable bonds is 8. The van der Waals surface area contributed by atoms with Gasteiger partial charge >= 0.3 is 0 Å². The Labute approximate surface area is 156 Å². The summed E-state index contributed by atoms with van der Waals surface area (Å²) < 4.78 is 16.3. The zero-order valence-corrected chi connectivity index (χ0v) is 16.0. The molecule has 1 amide bonds. The summed E-state index contributed by atoms with van der Waals surface area (Å²) in [6.07, 6.45) is 2.07. The molecule has 1 atom stereocenters. The molecule has 1 aromatic carbocycles.